The third-order valence-electron chi connectivity index (χ3n) is 7.85. The van der Waals surface area contributed by atoms with E-state index < -0.39 is 48.2 Å². The van der Waals surface area contributed by atoms with Crippen LogP contribution >= 0.6 is 23.1 Å². The number of hydrazine groups is 1. The molecule has 13 nitrogen and oxygen atoms in total. The van der Waals surface area contributed by atoms with Crippen molar-refractivity contribution >= 4 is 47.1 Å². The molecule has 0 aliphatic carbocycles. The number of rotatable bonds is 18. The zero-order chi connectivity index (χ0) is 35.8. The van der Waals surface area contributed by atoms with Crippen LogP contribution in [0.15, 0.2) is 66.2 Å². The van der Waals surface area contributed by atoms with Gasteiger partial charge >= 0.3 is 12.2 Å². The largest absolute Gasteiger partial charge is 0.453 e. The molecule has 266 valence electrons. The summed E-state index contributed by atoms with van der Waals surface area (Å²) in [6, 6.07) is 14.4. The standard InChI is InChI=1S/C34H46N6O7S2/c1-6-22(2)29(38-34(45)47-4)31(43)36-26(18-23-10-8-7-9-11-23)28(41)20-40(39-30(42)27(21-48-5)37-33(44)46-3)19-24-12-14-25(15-13-24)32-35-16-17-49-32/h7-17,22,26-29,41H,6,18-21H2,1-5H3,(H,36,43)(H,37,44)(H,38,45)(H,39,42)/t22-,26-,27-,28-,29-/m0/s1. The fraction of sp³-hybridized carbons (Fsp3) is 0.441. The zero-order valence-corrected chi connectivity index (χ0v) is 30.0. The van der Waals surface area contributed by atoms with Gasteiger partial charge in [-0.05, 0) is 29.7 Å². The molecular formula is C34H46N6O7S2. The number of alkyl carbamates (subject to hydrolysis) is 2. The van der Waals surface area contributed by atoms with E-state index in [0.29, 0.717) is 6.42 Å². The van der Waals surface area contributed by atoms with Crippen molar-refractivity contribution in [3.05, 3.63) is 77.3 Å². The van der Waals surface area contributed by atoms with Gasteiger partial charge in [-0.3, -0.25) is 15.0 Å². The smallest absolute Gasteiger partial charge is 0.407 e. The molecule has 49 heavy (non-hydrogen) atoms. The van der Waals surface area contributed by atoms with Crippen LogP contribution in [0.3, 0.4) is 0 Å². The van der Waals surface area contributed by atoms with Gasteiger partial charge in [-0.1, -0.05) is 74.9 Å². The van der Waals surface area contributed by atoms with Crippen molar-refractivity contribution in [2.24, 2.45) is 5.92 Å². The molecule has 0 saturated heterocycles. The second-order valence-electron chi connectivity index (χ2n) is 11.4. The molecule has 1 aromatic heterocycles. The number of aliphatic hydroxyl groups excluding tert-OH is 1. The van der Waals surface area contributed by atoms with E-state index in [2.05, 4.69) is 26.4 Å². The normalized spacial score (nSPS) is 14.1. The summed E-state index contributed by atoms with van der Waals surface area (Å²) in [5, 5.41) is 24.2. The minimum atomic E-state index is -1.19. The molecule has 0 unspecified atom stereocenters. The molecule has 3 rings (SSSR count). The minimum absolute atomic E-state index is 0.0968. The van der Waals surface area contributed by atoms with Crippen LogP contribution in [0.5, 0.6) is 0 Å². The first-order chi connectivity index (χ1) is 23.6. The Balaban J connectivity index is 1.90. The topological polar surface area (TPSA) is 171 Å². The molecule has 5 N–H and O–H groups in total. The van der Waals surface area contributed by atoms with Crippen LogP contribution in [0.1, 0.15) is 31.4 Å². The zero-order valence-electron chi connectivity index (χ0n) is 28.4. The lowest BCUT2D eigenvalue weighted by molar-refractivity contribution is -0.129. The number of benzene rings is 2. The third kappa shape index (κ3) is 12.7. The van der Waals surface area contributed by atoms with Gasteiger partial charge in [0, 0.05) is 36.0 Å². The third-order valence-corrected chi connectivity index (χ3v) is 9.34. The quantitative estimate of drug-likeness (QED) is 0.123. The minimum Gasteiger partial charge on any atom is -0.453 e. The summed E-state index contributed by atoms with van der Waals surface area (Å²) in [7, 11) is 2.44. The van der Waals surface area contributed by atoms with E-state index in [1.165, 1.54) is 37.3 Å². The van der Waals surface area contributed by atoms with Crippen molar-refractivity contribution in [1.82, 2.24) is 31.4 Å². The highest BCUT2D eigenvalue weighted by atomic mass is 32.2. The highest BCUT2D eigenvalue weighted by Crippen LogP contribution is 2.22. The molecule has 0 bridgehead atoms. The predicted molar refractivity (Wildman–Crippen MR) is 191 cm³/mol. The maximum Gasteiger partial charge on any atom is 0.407 e. The van der Waals surface area contributed by atoms with Gasteiger partial charge in [-0.2, -0.15) is 11.8 Å². The molecule has 0 radical (unpaired) electrons. The fourth-order valence-electron chi connectivity index (χ4n) is 4.94. The summed E-state index contributed by atoms with van der Waals surface area (Å²) in [5.41, 5.74) is 5.50. The number of carbonyl (C=O) groups is 4. The Kier molecular flexibility index (Phi) is 16.3. The second kappa shape index (κ2) is 20.4. The number of nitrogens with zero attached hydrogens (tertiary/aromatic N) is 2. The molecule has 0 spiro atoms. The van der Waals surface area contributed by atoms with E-state index in [1.54, 1.807) is 11.2 Å². The number of hydrogen-bond acceptors (Lipinski definition) is 11. The Hall–Kier alpha value is -4.18. The lowest BCUT2D eigenvalue weighted by atomic mass is 9.96. The molecule has 3 aromatic rings. The van der Waals surface area contributed by atoms with Crippen LogP contribution < -0.4 is 21.4 Å². The molecule has 0 fully saturated rings. The van der Waals surface area contributed by atoms with Crippen LogP contribution in [0.4, 0.5) is 9.59 Å². The molecule has 1 heterocycles. The summed E-state index contributed by atoms with van der Waals surface area (Å²) >= 11 is 2.89. The van der Waals surface area contributed by atoms with Crippen molar-refractivity contribution in [2.45, 2.75) is 57.5 Å². The second-order valence-corrected chi connectivity index (χ2v) is 13.2. The number of aliphatic hydroxyl groups is 1. The molecule has 0 aliphatic rings. The number of carbonyl (C=O) groups excluding carboxylic acids is 4. The van der Waals surface area contributed by atoms with Gasteiger partial charge in [0.1, 0.15) is 17.1 Å². The van der Waals surface area contributed by atoms with Gasteiger partial charge in [0.25, 0.3) is 5.91 Å². The Morgan fingerprint density at radius 1 is 0.939 bits per heavy atom. The Morgan fingerprint density at radius 2 is 1.61 bits per heavy atom. The van der Waals surface area contributed by atoms with Crippen LogP contribution in [0.2, 0.25) is 0 Å². The molecule has 15 heteroatoms. The van der Waals surface area contributed by atoms with Crippen molar-refractivity contribution in [2.75, 3.05) is 32.8 Å². The first-order valence-corrected chi connectivity index (χ1v) is 18.1. The van der Waals surface area contributed by atoms with E-state index in [4.69, 9.17) is 9.47 Å². The number of aromatic nitrogens is 1. The monoisotopic (exact) mass is 714 g/mol. The van der Waals surface area contributed by atoms with E-state index in [1.807, 2.05) is 80.1 Å². The first kappa shape index (κ1) is 39.3. The Labute approximate surface area is 295 Å². The van der Waals surface area contributed by atoms with E-state index >= 15 is 0 Å². The van der Waals surface area contributed by atoms with Gasteiger partial charge in [-0.15, -0.1) is 11.3 Å². The lowest BCUT2D eigenvalue weighted by Crippen LogP contribution is -2.59. The van der Waals surface area contributed by atoms with Gasteiger partial charge in [0.2, 0.25) is 5.91 Å². The van der Waals surface area contributed by atoms with Gasteiger partial charge in [0.15, 0.2) is 0 Å². The highest BCUT2D eigenvalue weighted by molar-refractivity contribution is 7.98. The number of thioether (sulfide) groups is 1. The summed E-state index contributed by atoms with van der Waals surface area (Å²) < 4.78 is 9.46. The first-order valence-electron chi connectivity index (χ1n) is 15.8. The molecule has 0 saturated carbocycles. The van der Waals surface area contributed by atoms with Crippen LogP contribution in [0, 0.1) is 5.92 Å². The van der Waals surface area contributed by atoms with Crippen LogP contribution in [-0.4, -0.2) is 96.1 Å². The molecule has 5 atom stereocenters. The van der Waals surface area contributed by atoms with Gasteiger partial charge < -0.3 is 30.5 Å². The van der Waals surface area contributed by atoms with E-state index in [9.17, 15) is 24.3 Å². The summed E-state index contributed by atoms with van der Waals surface area (Å²) in [4.78, 5) is 55.6. The number of thiazole rings is 1. The summed E-state index contributed by atoms with van der Waals surface area (Å²) in [5.74, 6) is -0.937. The average Bonchev–Trinajstić information content (AvgIpc) is 3.65. The van der Waals surface area contributed by atoms with Crippen molar-refractivity contribution in [3.8, 4) is 10.6 Å². The van der Waals surface area contributed by atoms with Gasteiger partial charge in [-0.25, -0.2) is 19.6 Å². The SMILES string of the molecule is CC[C@H](C)[C@H](NC(=O)OC)C(=O)N[C@@H](Cc1ccccc1)[C@@H](O)CN(Cc1ccc(-c2nccs2)cc1)NC(=O)[C@H](CSC)NC(=O)OC. The van der Waals surface area contributed by atoms with E-state index in [-0.39, 0.29) is 31.2 Å². The number of hydrogen-bond donors (Lipinski definition) is 5. The highest BCUT2D eigenvalue weighted by Gasteiger charge is 2.32. The lowest BCUT2D eigenvalue weighted by Gasteiger charge is -2.33. The summed E-state index contributed by atoms with van der Waals surface area (Å²) in [6.07, 6.45) is 1.73. The molecular weight excluding hydrogens is 669 g/mol. The maximum absolute atomic E-state index is 13.6. The summed E-state index contributed by atoms with van der Waals surface area (Å²) in [6.45, 7) is 3.84. The van der Waals surface area contributed by atoms with Crippen LogP contribution in [0.25, 0.3) is 10.6 Å². The predicted octanol–water partition coefficient (Wildman–Crippen LogP) is 3.59. The number of ether oxygens (including phenoxy) is 2. The van der Waals surface area contributed by atoms with Crippen molar-refractivity contribution < 1.29 is 33.8 Å². The number of nitrogens with one attached hydrogen (secondary N) is 4. The van der Waals surface area contributed by atoms with Crippen molar-refractivity contribution in [1.29, 1.82) is 0 Å². The van der Waals surface area contributed by atoms with Crippen molar-refractivity contribution in [3.63, 3.8) is 0 Å². The number of amides is 4. The average molecular weight is 715 g/mol. The van der Waals surface area contributed by atoms with Crippen LogP contribution in [-0.2, 0) is 32.0 Å². The molecule has 4 amide bonds. The molecule has 2 aromatic carbocycles. The number of methoxy groups -OCH3 is 2. The Bertz CT molecular complexity index is 1460. The molecule has 0 aliphatic heterocycles. The van der Waals surface area contributed by atoms with Gasteiger partial charge in [0.05, 0.1) is 26.4 Å². The fourth-order valence-corrected chi connectivity index (χ4v) is 6.15. The maximum atomic E-state index is 13.6. The van der Waals surface area contributed by atoms with E-state index in [0.717, 1.165) is 21.7 Å². The Morgan fingerprint density at radius 3 is 2.20 bits per heavy atom.